The lowest BCUT2D eigenvalue weighted by Crippen LogP contribution is -2.14. The third-order valence-electron chi connectivity index (χ3n) is 4.18. The summed E-state index contributed by atoms with van der Waals surface area (Å²) in [4.78, 5) is 8.54. The molecular formula is C20H18ClF3N4O. The SMILES string of the molecule is CNc1nc(NC[C@H](O)c2ccccc2)cc(-c2ccc(C(F)(F)F)c(Cl)c2)n1. The average molecular weight is 423 g/mol. The number of aliphatic hydroxyl groups excluding tert-OH is 1. The number of hydrogen-bond acceptors (Lipinski definition) is 5. The quantitative estimate of drug-likeness (QED) is 0.521. The van der Waals surface area contributed by atoms with Crippen LogP contribution in [-0.4, -0.2) is 28.7 Å². The van der Waals surface area contributed by atoms with Gasteiger partial charge in [0.2, 0.25) is 5.95 Å². The van der Waals surface area contributed by atoms with Crippen molar-refractivity contribution in [1.29, 1.82) is 0 Å². The predicted octanol–water partition coefficient (Wildman–Crippen LogP) is 5.00. The van der Waals surface area contributed by atoms with Crippen LogP contribution in [0, 0.1) is 0 Å². The van der Waals surface area contributed by atoms with Crippen LogP contribution in [0.1, 0.15) is 17.2 Å². The first-order valence-electron chi connectivity index (χ1n) is 8.69. The van der Waals surface area contributed by atoms with Crippen LogP contribution in [0.5, 0.6) is 0 Å². The van der Waals surface area contributed by atoms with Crippen molar-refractivity contribution in [2.24, 2.45) is 0 Å². The molecule has 0 bridgehead atoms. The van der Waals surface area contributed by atoms with Crippen LogP contribution in [0.15, 0.2) is 54.6 Å². The van der Waals surface area contributed by atoms with Gasteiger partial charge in [-0.2, -0.15) is 18.2 Å². The average Bonchev–Trinajstić information content (AvgIpc) is 2.71. The van der Waals surface area contributed by atoms with E-state index in [1.807, 2.05) is 18.2 Å². The largest absolute Gasteiger partial charge is 0.417 e. The van der Waals surface area contributed by atoms with Gasteiger partial charge in [0.15, 0.2) is 0 Å². The second-order valence-electron chi connectivity index (χ2n) is 6.21. The number of benzene rings is 2. The Morgan fingerprint density at radius 3 is 2.41 bits per heavy atom. The summed E-state index contributed by atoms with van der Waals surface area (Å²) in [6.07, 6.45) is -5.29. The molecule has 3 N–H and O–H groups in total. The summed E-state index contributed by atoms with van der Waals surface area (Å²) < 4.78 is 38.8. The Morgan fingerprint density at radius 1 is 1.07 bits per heavy atom. The number of halogens is 4. The Hall–Kier alpha value is -2.84. The highest BCUT2D eigenvalue weighted by Crippen LogP contribution is 2.36. The maximum Gasteiger partial charge on any atom is 0.417 e. The summed E-state index contributed by atoms with van der Waals surface area (Å²) in [6.45, 7) is 0.192. The molecule has 0 aliphatic carbocycles. The molecule has 29 heavy (non-hydrogen) atoms. The second-order valence-corrected chi connectivity index (χ2v) is 6.62. The summed E-state index contributed by atoms with van der Waals surface area (Å²) in [6, 6.07) is 14.1. The van der Waals surface area contributed by atoms with E-state index in [1.165, 1.54) is 12.1 Å². The van der Waals surface area contributed by atoms with Gasteiger partial charge in [0.05, 0.1) is 22.4 Å². The topological polar surface area (TPSA) is 70.1 Å². The molecule has 5 nitrogen and oxygen atoms in total. The van der Waals surface area contributed by atoms with Gasteiger partial charge in [-0.25, -0.2) is 4.98 Å². The minimum Gasteiger partial charge on any atom is -0.387 e. The first-order valence-corrected chi connectivity index (χ1v) is 9.06. The molecule has 1 heterocycles. The number of hydrogen-bond donors (Lipinski definition) is 3. The van der Waals surface area contributed by atoms with Crippen LogP contribution < -0.4 is 10.6 Å². The molecule has 0 amide bonds. The van der Waals surface area contributed by atoms with E-state index in [2.05, 4.69) is 20.6 Å². The summed E-state index contributed by atoms with van der Waals surface area (Å²) >= 11 is 5.82. The van der Waals surface area contributed by atoms with Gasteiger partial charge < -0.3 is 15.7 Å². The van der Waals surface area contributed by atoms with Crippen LogP contribution in [0.25, 0.3) is 11.3 Å². The summed E-state index contributed by atoms with van der Waals surface area (Å²) in [5.41, 5.74) is 0.637. The van der Waals surface area contributed by atoms with Crippen molar-refractivity contribution in [3.8, 4) is 11.3 Å². The maximum absolute atomic E-state index is 12.9. The number of rotatable bonds is 6. The van der Waals surface area contributed by atoms with Gasteiger partial charge in [0.25, 0.3) is 0 Å². The normalized spacial score (nSPS) is 12.5. The highest BCUT2D eigenvalue weighted by Gasteiger charge is 2.33. The Kier molecular flexibility index (Phi) is 6.24. The first kappa shape index (κ1) is 20.9. The van der Waals surface area contributed by atoms with Crippen molar-refractivity contribution in [2.75, 3.05) is 24.2 Å². The standard InChI is InChI=1S/C20H18ClF3N4O/c1-25-19-27-16(13-7-8-14(15(21)9-13)20(22,23)24)10-18(28-19)26-11-17(29)12-5-3-2-4-6-12/h2-10,17,29H,11H2,1H3,(H2,25,26,27,28)/t17-/m0/s1. The molecule has 152 valence electrons. The van der Waals surface area contributed by atoms with Gasteiger partial charge in [-0.15, -0.1) is 0 Å². The lowest BCUT2D eigenvalue weighted by molar-refractivity contribution is -0.137. The molecule has 2 aromatic carbocycles. The summed E-state index contributed by atoms with van der Waals surface area (Å²) in [5, 5.41) is 15.7. The van der Waals surface area contributed by atoms with Crippen LogP contribution in [0.3, 0.4) is 0 Å². The molecule has 3 aromatic rings. The molecule has 0 fully saturated rings. The molecule has 0 saturated carbocycles. The number of aliphatic hydroxyl groups is 1. The molecule has 0 radical (unpaired) electrons. The van der Waals surface area contributed by atoms with Crippen LogP contribution >= 0.6 is 11.6 Å². The molecule has 1 aromatic heterocycles. The number of anilines is 2. The zero-order valence-corrected chi connectivity index (χ0v) is 16.1. The Labute approximate surface area is 170 Å². The van der Waals surface area contributed by atoms with Gasteiger partial charge in [0, 0.05) is 25.2 Å². The number of nitrogens with one attached hydrogen (secondary N) is 2. The molecule has 0 aliphatic rings. The Morgan fingerprint density at radius 2 is 1.79 bits per heavy atom. The molecule has 0 saturated heterocycles. The van der Waals surface area contributed by atoms with E-state index in [0.717, 1.165) is 11.6 Å². The van der Waals surface area contributed by atoms with E-state index < -0.39 is 22.9 Å². The van der Waals surface area contributed by atoms with E-state index in [9.17, 15) is 18.3 Å². The van der Waals surface area contributed by atoms with Crippen molar-refractivity contribution in [1.82, 2.24) is 9.97 Å². The number of nitrogens with zero attached hydrogens (tertiary/aromatic N) is 2. The van der Waals surface area contributed by atoms with Crippen LogP contribution in [-0.2, 0) is 6.18 Å². The monoisotopic (exact) mass is 422 g/mol. The van der Waals surface area contributed by atoms with E-state index >= 15 is 0 Å². The molecule has 1 atom stereocenters. The molecule has 3 rings (SSSR count). The smallest absolute Gasteiger partial charge is 0.387 e. The third-order valence-corrected chi connectivity index (χ3v) is 4.49. The van der Waals surface area contributed by atoms with Gasteiger partial charge >= 0.3 is 6.18 Å². The molecular weight excluding hydrogens is 405 g/mol. The second kappa shape index (κ2) is 8.67. The molecule has 9 heteroatoms. The fourth-order valence-corrected chi connectivity index (χ4v) is 2.98. The number of aromatic nitrogens is 2. The van der Waals surface area contributed by atoms with Crippen LogP contribution in [0.2, 0.25) is 5.02 Å². The highest BCUT2D eigenvalue weighted by atomic mass is 35.5. The van der Waals surface area contributed by atoms with E-state index in [-0.39, 0.29) is 12.5 Å². The lowest BCUT2D eigenvalue weighted by atomic mass is 10.1. The summed E-state index contributed by atoms with van der Waals surface area (Å²) in [7, 11) is 1.63. The zero-order valence-electron chi connectivity index (χ0n) is 15.3. The minimum atomic E-state index is -4.53. The predicted molar refractivity (Wildman–Crippen MR) is 107 cm³/mol. The van der Waals surface area contributed by atoms with Gasteiger partial charge in [-0.3, -0.25) is 0 Å². The van der Waals surface area contributed by atoms with Gasteiger partial charge in [0.1, 0.15) is 5.82 Å². The zero-order chi connectivity index (χ0) is 21.0. The van der Waals surface area contributed by atoms with E-state index in [1.54, 1.807) is 25.2 Å². The fraction of sp³-hybridized carbons (Fsp3) is 0.200. The van der Waals surface area contributed by atoms with Crippen molar-refractivity contribution >= 4 is 23.4 Å². The Bertz CT molecular complexity index is 983. The van der Waals surface area contributed by atoms with E-state index in [0.29, 0.717) is 17.1 Å². The summed E-state index contributed by atoms with van der Waals surface area (Å²) in [5.74, 6) is 0.681. The van der Waals surface area contributed by atoms with Crippen molar-refractivity contribution in [3.05, 3.63) is 70.7 Å². The molecule has 0 unspecified atom stereocenters. The minimum absolute atomic E-state index is 0.192. The van der Waals surface area contributed by atoms with Crippen LogP contribution in [0.4, 0.5) is 24.9 Å². The Balaban J connectivity index is 1.85. The maximum atomic E-state index is 12.9. The molecule has 0 spiro atoms. The fourth-order valence-electron chi connectivity index (χ4n) is 2.70. The lowest BCUT2D eigenvalue weighted by Gasteiger charge is -2.14. The van der Waals surface area contributed by atoms with Crippen molar-refractivity contribution in [2.45, 2.75) is 12.3 Å². The van der Waals surface area contributed by atoms with Crippen molar-refractivity contribution < 1.29 is 18.3 Å². The third kappa shape index (κ3) is 5.16. The van der Waals surface area contributed by atoms with Gasteiger partial charge in [-0.05, 0) is 17.7 Å². The highest BCUT2D eigenvalue weighted by molar-refractivity contribution is 6.31. The van der Waals surface area contributed by atoms with Crippen molar-refractivity contribution in [3.63, 3.8) is 0 Å². The van der Waals surface area contributed by atoms with Gasteiger partial charge in [-0.1, -0.05) is 48.0 Å². The van der Waals surface area contributed by atoms with E-state index in [4.69, 9.17) is 11.6 Å². The first-order chi connectivity index (χ1) is 13.8. The number of alkyl halides is 3. The molecule has 0 aliphatic heterocycles.